The van der Waals surface area contributed by atoms with Gasteiger partial charge in [0.2, 0.25) is 11.3 Å². The molecule has 3 heterocycles. The summed E-state index contributed by atoms with van der Waals surface area (Å²) in [5.41, 5.74) is 0.213. The summed E-state index contributed by atoms with van der Waals surface area (Å²) in [6.45, 7) is -2.80. The Balaban J connectivity index is 1.78. The number of likely N-dealkylation sites (tertiary alicyclic amines) is 1. The molecule has 0 radical (unpaired) electrons. The number of rotatable bonds is 9. The van der Waals surface area contributed by atoms with Gasteiger partial charge in [0.1, 0.15) is 18.5 Å². The molecule has 1 aromatic heterocycles. The minimum Gasteiger partial charge on any atom is -0.480 e. The summed E-state index contributed by atoms with van der Waals surface area (Å²) < 4.78 is 83.6. The number of benzene rings is 1. The van der Waals surface area contributed by atoms with Gasteiger partial charge in [0.15, 0.2) is 17.3 Å². The molecular weight excluding hydrogens is 641 g/mol. The fourth-order valence-electron chi connectivity index (χ4n) is 4.58. The number of hydrogen-bond acceptors (Lipinski definition) is 7. The molecule has 8 nitrogen and oxygen atoms in total. The van der Waals surface area contributed by atoms with Crippen molar-refractivity contribution in [2.75, 3.05) is 32.8 Å². The van der Waals surface area contributed by atoms with Gasteiger partial charge in [0, 0.05) is 22.8 Å². The maximum Gasteiger partial charge on any atom is 0.338 e. The lowest BCUT2D eigenvalue weighted by Gasteiger charge is -2.43. The molecule has 2 N–H and O–H groups in total. The molecule has 0 saturated carbocycles. The fraction of sp³-hybridized carbons (Fsp3) is 0.385. The Bertz CT molecular complexity index is 1360. The molecule has 4 rings (SSSR count). The number of piperidine rings is 1. The SMILES string of the molecule is CCOC(=O)C1=C(CN2CC(F)(F)C(OCC(=O)O)C(F)(F)C2)NC(c2cccc[s+]2)=N[C@H]1c1ccc(F)cc1Br. The highest BCUT2D eigenvalue weighted by Crippen LogP contribution is 2.41. The van der Waals surface area contributed by atoms with Crippen molar-refractivity contribution in [2.45, 2.75) is 30.9 Å². The minimum absolute atomic E-state index is 0.0118. The first-order chi connectivity index (χ1) is 19.3. The minimum atomic E-state index is -4.13. The predicted octanol–water partition coefficient (Wildman–Crippen LogP) is 4.90. The number of halogens is 6. The summed E-state index contributed by atoms with van der Waals surface area (Å²) in [7, 11) is 0. The van der Waals surface area contributed by atoms with E-state index < -0.39 is 68.0 Å². The zero-order valence-corrected chi connectivity index (χ0v) is 23.8. The van der Waals surface area contributed by atoms with Crippen LogP contribution in [0.1, 0.15) is 23.4 Å². The van der Waals surface area contributed by atoms with Gasteiger partial charge in [-0.1, -0.05) is 28.1 Å². The molecule has 1 aromatic carbocycles. The number of alkyl halides is 4. The lowest BCUT2D eigenvalue weighted by atomic mass is 9.94. The number of carboxylic acids is 1. The molecule has 1 atom stereocenters. The zero-order valence-electron chi connectivity index (χ0n) is 21.4. The van der Waals surface area contributed by atoms with Gasteiger partial charge in [0.25, 0.3) is 16.7 Å². The van der Waals surface area contributed by atoms with Crippen molar-refractivity contribution >= 4 is 45.0 Å². The van der Waals surface area contributed by atoms with Crippen LogP contribution in [0.5, 0.6) is 0 Å². The number of esters is 1. The molecule has 0 bridgehead atoms. The van der Waals surface area contributed by atoms with Crippen LogP contribution in [0.4, 0.5) is 22.0 Å². The first kappa shape index (κ1) is 30.9. The highest BCUT2D eigenvalue weighted by Gasteiger charge is 2.61. The summed E-state index contributed by atoms with van der Waals surface area (Å²) in [4.78, 5) is 30.0. The van der Waals surface area contributed by atoms with Gasteiger partial charge in [-0.25, -0.2) is 36.5 Å². The second kappa shape index (κ2) is 12.5. The maximum absolute atomic E-state index is 14.9. The largest absolute Gasteiger partial charge is 0.480 e. The highest BCUT2D eigenvalue weighted by molar-refractivity contribution is 9.10. The van der Waals surface area contributed by atoms with E-state index in [4.69, 9.17) is 9.84 Å². The van der Waals surface area contributed by atoms with E-state index in [-0.39, 0.29) is 28.2 Å². The van der Waals surface area contributed by atoms with Crippen LogP contribution in [-0.2, 0) is 19.1 Å². The number of nitrogens with zero attached hydrogens (tertiary/aromatic N) is 2. The van der Waals surface area contributed by atoms with Crippen LogP contribution in [0, 0.1) is 5.82 Å². The van der Waals surface area contributed by atoms with Crippen LogP contribution >= 0.6 is 27.3 Å². The molecule has 15 heteroatoms. The molecule has 220 valence electrons. The van der Waals surface area contributed by atoms with Gasteiger partial charge in [-0.3, -0.25) is 4.90 Å². The van der Waals surface area contributed by atoms with Crippen molar-refractivity contribution in [2.24, 2.45) is 4.99 Å². The standard InChI is InChI=1S/C26H23BrF5N3O5S/c1-2-39-23(38)20-17(10-35-12-25(29,30)24(26(31,32)13-35)40-11-19(36)37)33-22(18-5-3-4-8-41-18)34-21(20)15-7-6-14(28)9-16(15)27/h3-9,21,24H,2,10-13H2,1H3,(H-,33,34,36,37,38)/p+1/t21-/m0/s1. The van der Waals surface area contributed by atoms with Gasteiger partial charge in [-0.2, -0.15) is 0 Å². The Morgan fingerprint density at radius 2 is 1.90 bits per heavy atom. The summed E-state index contributed by atoms with van der Waals surface area (Å²) in [6.07, 6.45) is -2.95. The van der Waals surface area contributed by atoms with Gasteiger partial charge < -0.3 is 19.9 Å². The summed E-state index contributed by atoms with van der Waals surface area (Å²) >= 11 is 4.56. The van der Waals surface area contributed by atoms with Crippen LogP contribution in [-0.4, -0.2) is 78.6 Å². The number of nitrogens with one attached hydrogen (secondary N) is 1. The van der Waals surface area contributed by atoms with Crippen LogP contribution < -0.4 is 5.32 Å². The highest BCUT2D eigenvalue weighted by atomic mass is 79.9. The van der Waals surface area contributed by atoms with Crippen LogP contribution in [0.25, 0.3) is 0 Å². The van der Waals surface area contributed by atoms with Crippen LogP contribution in [0.2, 0.25) is 0 Å². The molecular formula is C26H24BrF5N3O5S+. The molecule has 0 spiro atoms. The molecule has 41 heavy (non-hydrogen) atoms. The van der Waals surface area contributed by atoms with E-state index in [0.29, 0.717) is 10.4 Å². The number of carbonyl (C=O) groups excluding carboxylic acids is 1. The molecule has 2 aliphatic rings. The smallest absolute Gasteiger partial charge is 0.338 e. The molecule has 2 aliphatic heterocycles. The topological polar surface area (TPSA) is 100 Å². The molecule has 0 unspecified atom stereocenters. The summed E-state index contributed by atoms with van der Waals surface area (Å²) in [5.74, 6) is -11.1. The third-order valence-corrected chi connectivity index (χ3v) is 7.70. The van der Waals surface area contributed by atoms with Crippen LogP contribution in [0.15, 0.2) is 62.5 Å². The molecule has 1 fully saturated rings. The predicted molar refractivity (Wildman–Crippen MR) is 143 cm³/mol. The molecule has 0 amide bonds. The maximum atomic E-state index is 14.9. The normalized spacial score (nSPS) is 20.8. The second-order valence-electron chi connectivity index (χ2n) is 9.21. The number of aliphatic carboxylic acids is 1. The van der Waals surface area contributed by atoms with E-state index in [2.05, 4.69) is 31.0 Å². The lowest BCUT2D eigenvalue weighted by Crippen LogP contribution is -2.64. The van der Waals surface area contributed by atoms with E-state index in [9.17, 15) is 31.5 Å². The van der Waals surface area contributed by atoms with E-state index in [1.54, 1.807) is 30.5 Å². The van der Waals surface area contributed by atoms with Crippen molar-refractivity contribution < 1.29 is 46.1 Å². The van der Waals surface area contributed by atoms with Gasteiger partial charge in [0.05, 0.1) is 25.3 Å². The van der Waals surface area contributed by atoms with Crippen molar-refractivity contribution in [1.82, 2.24) is 10.2 Å². The summed E-state index contributed by atoms with van der Waals surface area (Å²) in [5, 5.41) is 13.4. The van der Waals surface area contributed by atoms with Gasteiger partial charge in [-0.15, -0.1) is 0 Å². The van der Waals surface area contributed by atoms with Crippen molar-refractivity contribution in [3.05, 3.63) is 73.8 Å². The third kappa shape index (κ3) is 7.08. The van der Waals surface area contributed by atoms with Crippen molar-refractivity contribution in [1.29, 1.82) is 0 Å². The van der Waals surface area contributed by atoms with E-state index in [1.807, 2.05) is 0 Å². The fourth-order valence-corrected chi connectivity index (χ4v) is 5.83. The number of carbonyl (C=O) groups is 2. The Morgan fingerprint density at radius 1 is 1.20 bits per heavy atom. The Labute approximate surface area is 243 Å². The molecule has 0 aliphatic carbocycles. The number of ether oxygens (including phenoxy) is 2. The van der Waals surface area contributed by atoms with Crippen molar-refractivity contribution in [3.8, 4) is 0 Å². The Hall–Kier alpha value is -3.01. The number of aliphatic imine (C=N–C) groups is 1. The number of hydrogen-bond donors (Lipinski definition) is 2. The number of carboxylic acid groups (broad SMARTS) is 1. The van der Waals surface area contributed by atoms with Gasteiger partial charge in [-0.05, 0) is 30.7 Å². The second-order valence-corrected chi connectivity index (χ2v) is 11.0. The lowest BCUT2D eigenvalue weighted by molar-refractivity contribution is -0.267. The zero-order chi connectivity index (χ0) is 29.9. The first-order valence-electron chi connectivity index (χ1n) is 12.2. The third-order valence-electron chi connectivity index (χ3n) is 6.14. The average Bonchev–Trinajstić information content (AvgIpc) is 2.87. The monoisotopic (exact) mass is 664 g/mol. The molecule has 2 aromatic rings. The Morgan fingerprint density at radius 3 is 2.49 bits per heavy atom. The number of amidine groups is 1. The summed E-state index contributed by atoms with van der Waals surface area (Å²) in [6, 6.07) is 7.83. The van der Waals surface area contributed by atoms with Gasteiger partial charge >= 0.3 is 11.9 Å². The van der Waals surface area contributed by atoms with E-state index >= 15 is 0 Å². The van der Waals surface area contributed by atoms with Crippen molar-refractivity contribution in [3.63, 3.8) is 0 Å². The Kier molecular flexibility index (Phi) is 9.41. The van der Waals surface area contributed by atoms with Crippen LogP contribution in [0.3, 0.4) is 0 Å². The van der Waals surface area contributed by atoms with E-state index in [0.717, 1.165) is 11.0 Å². The molecule has 1 saturated heterocycles. The first-order valence-corrected chi connectivity index (χ1v) is 13.9. The quantitative estimate of drug-likeness (QED) is 0.224. The van der Waals surface area contributed by atoms with E-state index in [1.165, 1.54) is 23.5 Å². The average molecular weight is 665 g/mol.